The number of amides is 1. The minimum Gasteiger partial charge on any atom is -0.266 e. The van der Waals surface area contributed by atoms with Crippen LogP contribution in [-0.4, -0.2) is 23.3 Å². The number of hydrogen-bond donors (Lipinski definition) is 2. The van der Waals surface area contributed by atoms with Gasteiger partial charge in [-0.3, -0.25) is 9.79 Å². The number of carbonyl (C=O) groups is 1. The number of anilines is 1. The van der Waals surface area contributed by atoms with E-state index in [1.54, 1.807) is 34.4 Å². The molecule has 0 aliphatic carbocycles. The number of guanidine groups is 1. The first-order valence-electron chi connectivity index (χ1n) is 6.19. The van der Waals surface area contributed by atoms with Crippen LogP contribution in [0, 0.1) is 5.82 Å². The molecular formula is C14H13FN3OS+. The topological polar surface area (TPSA) is 46.3 Å². The first-order chi connectivity index (χ1) is 9.74. The first kappa shape index (κ1) is 12.8. The quantitative estimate of drug-likeness (QED) is 0.877. The molecule has 2 N–H and O–H groups in total. The van der Waals surface area contributed by atoms with E-state index < -0.39 is 0 Å². The zero-order chi connectivity index (χ0) is 13.9. The molecule has 2 heterocycles. The van der Waals surface area contributed by atoms with Crippen LogP contribution >= 0.6 is 11.3 Å². The molecule has 2 aromatic rings. The number of nitrogens with zero attached hydrogens (tertiary/aromatic N) is 1. The monoisotopic (exact) mass is 290 g/mol. The van der Waals surface area contributed by atoms with Gasteiger partial charge in [0.2, 0.25) is 0 Å². The molecule has 0 radical (unpaired) electrons. The molecule has 0 unspecified atom stereocenters. The summed E-state index contributed by atoms with van der Waals surface area (Å²) in [5.74, 6) is 0.142. The molecule has 1 aliphatic heterocycles. The molecular weight excluding hydrogens is 277 g/mol. The predicted molar refractivity (Wildman–Crippen MR) is 75.7 cm³/mol. The summed E-state index contributed by atoms with van der Waals surface area (Å²) in [5.41, 5.74) is 0.348. The number of benzene rings is 1. The van der Waals surface area contributed by atoms with E-state index in [2.05, 4.69) is 10.3 Å². The summed E-state index contributed by atoms with van der Waals surface area (Å²) in [6.07, 6.45) is 0. The summed E-state index contributed by atoms with van der Waals surface area (Å²) >= 11 is 1.59. The Morgan fingerprint density at radius 2 is 2.15 bits per heavy atom. The van der Waals surface area contributed by atoms with E-state index in [0.29, 0.717) is 18.2 Å². The van der Waals surface area contributed by atoms with Crippen LogP contribution in [0.4, 0.5) is 10.1 Å². The highest BCUT2D eigenvalue weighted by atomic mass is 32.1. The summed E-state index contributed by atoms with van der Waals surface area (Å²) in [5, 5.41) is 4.91. The molecule has 1 aromatic heterocycles. The van der Waals surface area contributed by atoms with E-state index in [-0.39, 0.29) is 18.3 Å². The molecule has 0 atom stereocenters. The van der Waals surface area contributed by atoms with Gasteiger partial charge < -0.3 is 0 Å². The molecule has 20 heavy (non-hydrogen) atoms. The summed E-state index contributed by atoms with van der Waals surface area (Å²) in [6, 6.07) is 10.3. The highest BCUT2D eigenvalue weighted by molar-refractivity contribution is 7.09. The van der Waals surface area contributed by atoms with Crippen molar-refractivity contribution in [2.45, 2.75) is 6.54 Å². The summed E-state index contributed by atoms with van der Waals surface area (Å²) in [7, 11) is 0. The zero-order valence-corrected chi connectivity index (χ0v) is 11.4. The molecule has 0 bridgehead atoms. The van der Waals surface area contributed by atoms with Crippen molar-refractivity contribution in [1.82, 2.24) is 4.90 Å². The lowest BCUT2D eigenvalue weighted by molar-refractivity contribution is -0.438. The Morgan fingerprint density at radius 1 is 1.30 bits per heavy atom. The van der Waals surface area contributed by atoms with Crippen molar-refractivity contribution in [1.29, 1.82) is 0 Å². The molecule has 102 valence electrons. The average molecular weight is 290 g/mol. The Kier molecular flexibility index (Phi) is 3.47. The fourth-order valence-corrected chi connectivity index (χ4v) is 2.70. The smallest absolute Gasteiger partial charge is 0.266 e. The fraction of sp³-hybridized carbons (Fsp3) is 0.143. The van der Waals surface area contributed by atoms with Crippen LogP contribution in [-0.2, 0) is 11.3 Å². The van der Waals surface area contributed by atoms with Crippen molar-refractivity contribution in [2.75, 3.05) is 11.9 Å². The maximum absolute atomic E-state index is 13.6. The van der Waals surface area contributed by atoms with Gasteiger partial charge in [0.1, 0.15) is 12.2 Å². The Morgan fingerprint density at radius 3 is 2.90 bits per heavy atom. The summed E-state index contributed by atoms with van der Waals surface area (Å²) < 4.78 is 13.6. The van der Waals surface area contributed by atoms with Crippen molar-refractivity contribution in [3.8, 4) is 0 Å². The van der Waals surface area contributed by atoms with Gasteiger partial charge >= 0.3 is 11.9 Å². The normalized spacial score (nSPS) is 14.6. The largest absolute Gasteiger partial charge is 0.359 e. The van der Waals surface area contributed by atoms with Crippen molar-refractivity contribution in [3.05, 3.63) is 52.5 Å². The van der Waals surface area contributed by atoms with E-state index in [4.69, 9.17) is 0 Å². The third kappa shape index (κ3) is 2.55. The molecule has 3 rings (SSSR count). The third-order valence-corrected chi connectivity index (χ3v) is 3.86. The maximum Gasteiger partial charge on any atom is 0.359 e. The molecule has 0 saturated carbocycles. The van der Waals surface area contributed by atoms with E-state index in [1.807, 2.05) is 17.5 Å². The molecule has 1 aromatic carbocycles. The number of hydrogen-bond acceptors (Lipinski definition) is 3. The Bertz CT molecular complexity index is 654. The molecule has 0 fully saturated rings. The number of nitrogens with one attached hydrogen (secondary N) is 2. The Hall–Kier alpha value is -2.21. The molecule has 1 amide bonds. The second-order valence-electron chi connectivity index (χ2n) is 4.37. The lowest BCUT2D eigenvalue weighted by Gasteiger charge is -2.11. The molecule has 6 heteroatoms. The van der Waals surface area contributed by atoms with Crippen LogP contribution in [0.2, 0.25) is 0 Å². The van der Waals surface area contributed by atoms with Crippen LogP contribution in [0.3, 0.4) is 0 Å². The Labute approximate surface area is 119 Å². The van der Waals surface area contributed by atoms with Gasteiger partial charge in [-0.05, 0) is 23.6 Å². The molecule has 1 aliphatic rings. The minimum absolute atomic E-state index is 0.0303. The average Bonchev–Trinajstić information content (AvgIpc) is 3.06. The lowest BCUT2D eigenvalue weighted by Crippen LogP contribution is -2.72. The van der Waals surface area contributed by atoms with Gasteiger partial charge in [0.15, 0.2) is 12.4 Å². The second kappa shape index (κ2) is 5.42. The first-order valence-corrected chi connectivity index (χ1v) is 7.07. The van der Waals surface area contributed by atoms with Gasteiger partial charge in [0, 0.05) is 4.88 Å². The van der Waals surface area contributed by atoms with Gasteiger partial charge in [0.05, 0.1) is 0 Å². The van der Waals surface area contributed by atoms with Crippen molar-refractivity contribution >= 4 is 28.9 Å². The maximum atomic E-state index is 13.6. The van der Waals surface area contributed by atoms with Gasteiger partial charge in [0.25, 0.3) is 0 Å². The van der Waals surface area contributed by atoms with Crippen LogP contribution < -0.4 is 10.3 Å². The predicted octanol–water partition coefficient (Wildman–Crippen LogP) is 0.778. The van der Waals surface area contributed by atoms with Crippen LogP contribution in [0.1, 0.15) is 4.88 Å². The van der Waals surface area contributed by atoms with Crippen molar-refractivity contribution in [2.24, 2.45) is 0 Å². The number of thiophene rings is 1. The minimum atomic E-state index is -0.350. The van der Waals surface area contributed by atoms with Gasteiger partial charge in [-0.25, -0.2) is 9.71 Å². The van der Waals surface area contributed by atoms with E-state index in [1.165, 1.54) is 6.07 Å². The second-order valence-corrected chi connectivity index (χ2v) is 5.40. The SMILES string of the molecule is O=C1C[NH+]=C(Nc2ccccc2F)N1Cc1cccs1. The van der Waals surface area contributed by atoms with Crippen molar-refractivity contribution < 1.29 is 14.2 Å². The molecule has 4 nitrogen and oxygen atoms in total. The molecule has 0 spiro atoms. The van der Waals surface area contributed by atoms with E-state index >= 15 is 0 Å². The standard InChI is InChI=1S/C14H12FN3OS/c15-11-5-1-2-6-12(11)17-14-16-8-13(19)18(14)9-10-4-3-7-20-10/h1-7H,8-9H2,(H,16,17)/p+1. The summed E-state index contributed by atoms with van der Waals surface area (Å²) in [6.45, 7) is 0.711. The van der Waals surface area contributed by atoms with Gasteiger partial charge in [-0.2, -0.15) is 4.90 Å². The van der Waals surface area contributed by atoms with E-state index in [0.717, 1.165) is 4.88 Å². The van der Waals surface area contributed by atoms with Gasteiger partial charge in [-0.15, -0.1) is 11.3 Å². The highest BCUT2D eigenvalue weighted by Gasteiger charge is 2.33. The number of carbonyl (C=O) groups excluding carboxylic acids is 1. The van der Waals surface area contributed by atoms with Gasteiger partial charge in [-0.1, -0.05) is 18.2 Å². The van der Waals surface area contributed by atoms with E-state index in [9.17, 15) is 9.18 Å². The lowest BCUT2D eigenvalue weighted by atomic mass is 10.3. The van der Waals surface area contributed by atoms with Crippen LogP contribution in [0.15, 0.2) is 41.8 Å². The Balaban J connectivity index is 1.78. The highest BCUT2D eigenvalue weighted by Crippen LogP contribution is 2.15. The summed E-state index contributed by atoms with van der Waals surface area (Å²) in [4.78, 5) is 17.5. The fourth-order valence-electron chi connectivity index (χ4n) is 2.00. The van der Waals surface area contributed by atoms with Crippen LogP contribution in [0.5, 0.6) is 0 Å². The number of halogens is 1. The number of rotatable bonds is 3. The third-order valence-electron chi connectivity index (χ3n) is 3.00. The molecule has 0 saturated heterocycles. The zero-order valence-electron chi connectivity index (χ0n) is 10.6. The number of para-hydroxylation sites is 1. The van der Waals surface area contributed by atoms with Crippen LogP contribution in [0.25, 0.3) is 0 Å². The van der Waals surface area contributed by atoms with Crippen molar-refractivity contribution in [3.63, 3.8) is 0 Å².